The summed E-state index contributed by atoms with van der Waals surface area (Å²) in [5.41, 5.74) is 1.19. The molecule has 5 nitrogen and oxygen atoms in total. The molecular formula is C27H43N3O2. The first-order chi connectivity index (χ1) is 15.7. The molecule has 0 aromatic heterocycles. The van der Waals surface area contributed by atoms with Gasteiger partial charge < -0.3 is 15.0 Å². The van der Waals surface area contributed by atoms with Crippen molar-refractivity contribution in [1.29, 1.82) is 0 Å². The molecule has 4 rings (SSSR count). The fraction of sp³-hybridized carbons (Fsp3) is 0.741. The van der Waals surface area contributed by atoms with Gasteiger partial charge in [0.1, 0.15) is 5.75 Å². The first-order valence-corrected chi connectivity index (χ1v) is 13.1. The van der Waals surface area contributed by atoms with Crippen LogP contribution in [0.25, 0.3) is 0 Å². The molecule has 1 saturated heterocycles. The molecule has 0 bridgehead atoms. The van der Waals surface area contributed by atoms with Crippen LogP contribution in [-0.2, 0) is 4.79 Å². The largest absolute Gasteiger partial charge is 0.495 e. The average Bonchev–Trinajstić information content (AvgIpc) is 2.85. The number of hydrogen-bond donors (Lipinski definition) is 1. The molecule has 5 heteroatoms. The maximum absolute atomic E-state index is 13.0. The average molecular weight is 442 g/mol. The minimum atomic E-state index is 0.250. The van der Waals surface area contributed by atoms with Crippen LogP contribution in [0.4, 0.5) is 5.69 Å². The number of benzene rings is 1. The summed E-state index contributed by atoms with van der Waals surface area (Å²) in [6.07, 6.45) is 13.9. The lowest BCUT2D eigenvalue weighted by molar-refractivity contribution is -0.127. The molecule has 1 N–H and O–H groups in total. The summed E-state index contributed by atoms with van der Waals surface area (Å²) < 4.78 is 5.57. The molecule has 1 heterocycles. The van der Waals surface area contributed by atoms with Crippen LogP contribution in [0, 0.1) is 11.8 Å². The van der Waals surface area contributed by atoms with Crippen molar-refractivity contribution in [2.75, 3.05) is 44.7 Å². The summed E-state index contributed by atoms with van der Waals surface area (Å²) in [6, 6.07) is 8.62. The highest BCUT2D eigenvalue weighted by atomic mass is 16.5. The number of nitrogens with one attached hydrogen (secondary N) is 1. The third-order valence-corrected chi connectivity index (χ3v) is 7.94. The van der Waals surface area contributed by atoms with Crippen molar-refractivity contribution in [3.63, 3.8) is 0 Å². The molecule has 1 atom stereocenters. The number of nitrogens with zero attached hydrogens (tertiary/aromatic N) is 2. The molecule has 2 aliphatic carbocycles. The predicted molar refractivity (Wildman–Crippen MR) is 131 cm³/mol. The lowest BCUT2D eigenvalue weighted by Gasteiger charge is -2.39. The molecule has 178 valence electrons. The van der Waals surface area contributed by atoms with E-state index in [1.54, 1.807) is 7.11 Å². The van der Waals surface area contributed by atoms with E-state index < -0.39 is 0 Å². The lowest BCUT2D eigenvalue weighted by Crippen LogP contribution is -2.52. The van der Waals surface area contributed by atoms with Crippen molar-refractivity contribution in [1.82, 2.24) is 10.2 Å². The lowest BCUT2D eigenvalue weighted by atomic mass is 9.84. The number of para-hydroxylation sites is 2. The number of rotatable bonds is 8. The fourth-order valence-electron chi connectivity index (χ4n) is 6.06. The van der Waals surface area contributed by atoms with E-state index in [0.29, 0.717) is 11.9 Å². The predicted octanol–water partition coefficient (Wildman–Crippen LogP) is 4.85. The quantitative estimate of drug-likeness (QED) is 0.626. The van der Waals surface area contributed by atoms with E-state index in [1.165, 1.54) is 57.1 Å². The molecule has 0 radical (unpaired) electrons. The Morgan fingerprint density at radius 1 is 0.969 bits per heavy atom. The molecule has 3 fully saturated rings. The molecule has 1 aromatic carbocycles. The van der Waals surface area contributed by atoms with Crippen LogP contribution in [0.15, 0.2) is 24.3 Å². The Kier molecular flexibility index (Phi) is 8.72. The van der Waals surface area contributed by atoms with Crippen molar-refractivity contribution in [2.45, 2.75) is 76.7 Å². The summed E-state index contributed by atoms with van der Waals surface area (Å²) in [4.78, 5) is 18.1. The van der Waals surface area contributed by atoms with Crippen LogP contribution in [0.3, 0.4) is 0 Å². The van der Waals surface area contributed by atoms with Crippen LogP contribution < -0.4 is 15.0 Å². The Labute approximate surface area is 194 Å². The smallest absolute Gasteiger partial charge is 0.223 e. The van der Waals surface area contributed by atoms with Gasteiger partial charge in [-0.05, 0) is 37.3 Å². The number of hydrogen-bond acceptors (Lipinski definition) is 4. The van der Waals surface area contributed by atoms with Crippen molar-refractivity contribution in [3.05, 3.63) is 24.3 Å². The highest BCUT2D eigenvalue weighted by molar-refractivity contribution is 5.79. The first kappa shape index (κ1) is 23.4. The zero-order valence-corrected chi connectivity index (χ0v) is 20.1. The Morgan fingerprint density at radius 2 is 1.62 bits per heavy atom. The van der Waals surface area contributed by atoms with Crippen LogP contribution in [0.5, 0.6) is 5.75 Å². The summed E-state index contributed by atoms with van der Waals surface area (Å²) in [7, 11) is 1.75. The van der Waals surface area contributed by atoms with E-state index in [-0.39, 0.29) is 5.92 Å². The Balaban J connectivity index is 1.33. The third kappa shape index (κ3) is 6.40. The molecule has 1 aromatic rings. The molecule has 1 amide bonds. The van der Waals surface area contributed by atoms with Crippen molar-refractivity contribution < 1.29 is 9.53 Å². The SMILES string of the molecule is COc1ccccc1N1CCN(C[C@@H](CC2CCCCC2)NC(=O)C2CCCCC2)CC1. The van der Waals surface area contributed by atoms with E-state index >= 15 is 0 Å². The van der Waals surface area contributed by atoms with Gasteiger partial charge >= 0.3 is 0 Å². The number of amides is 1. The van der Waals surface area contributed by atoms with Gasteiger partial charge in [0.15, 0.2) is 0 Å². The minimum absolute atomic E-state index is 0.250. The van der Waals surface area contributed by atoms with Gasteiger partial charge in [0.05, 0.1) is 12.8 Å². The third-order valence-electron chi connectivity index (χ3n) is 7.94. The second kappa shape index (κ2) is 11.9. The number of piperazine rings is 1. The highest BCUT2D eigenvalue weighted by Crippen LogP contribution is 2.30. The molecule has 3 aliphatic rings. The van der Waals surface area contributed by atoms with Crippen LogP contribution in [-0.4, -0.2) is 56.7 Å². The number of anilines is 1. The Hall–Kier alpha value is -1.75. The maximum Gasteiger partial charge on any atom is 0.223 e. The first-order valence-electron chi connectivity index (χ1n) is 13.1. The van der Waals surface area contributed by atoms with E-state index in [0.717, 1.165) is 63.7 Å². The van der Waals surface area contributed by atoms with Crippen LogP contribution in [0.1, 0.15) is 70.6 Å². The molecule has 2 saturated carbocycles. The van der Waals surface area contributed by atoms with Crippen LogP contribution >= 0.6 is 0 Å². The van der Waals surface area contributed by atoms with Gasteiger partial charge in [0.25, 0.3) is 0 Å². The van der Waals surface area contributed by atoms with Crippen molar-refractivity contribution in [3.8, 4) is 5.75 Å². The number of carbonyl (C=O) groups is 1. The zero-order chi connectivity index (χ0) is 22.2. The molecule has 0 spiro atoms. The van der Waals surface area contributed by atoms with Crippen molar-refractivity contribution >= 4 is 11.6 Å². The van der Waals surface area contributed by atoms with Gasteiger partial charge in [-0.1, -0.05) is 63.5 Å². The van der Waals surface area contributed by atoms with E-state index in [9.17, 15) is 4.79 Å². The second-order valence-corrected chi connectivity index (χ2v) is 10.2. The Morgan fingerprint density at radius 3 is 2.31 bits per heavy atom. The normalized spacial score (nSPS) is 22.5. The molecular weight excluding hydrogens is 398 g/mol. The second-order valence-electron chi connectivity index (χ2n) is 10.2. The number of carbonyl (C=O) groups excluding carboxylic acids is 1. The highest BCUT2D eigenvalue weighted by Gasteiger charge is 2.28. The van der Waals surface area contributed by atoms with E-state index in [2.05, 4.69) is 27.2 Å². The maximum atomic E-state index is 13.0. The Bertz CT molecular complexity index is 705. The standard InChI is InChI=1S/C27H43N3O2/c1-32-26-15-9-8-14-25(26)30-18-16-29(17-19-30)21-24(20-22-10-4-2-5-11-22)28-27(31)23-12-6-3-7-13-23/h8-9,14-15,22-24H,2-7,10-13,16-21H2,1H3,(H,28,31)/t24-/m1/s1. The van der Waals surface area contributed by atoms with Gasteiger partial charge in [-0.3, -0.25) is 9.69 Å². The van der Waals surface area contributed by atoms with Gasteiger partial charge in [0, 0.05) is 44.7 Å². The topological polar surface area (TPSA) is 44.8 Å². The van der Waals surface area contributed by atoms with Gasteiger partial charge in [-0.25, -0.2) is 0 Å². The minimum Gasteiger partial charge on any atom is -0.495 e. The van der Waals surface area contributed by atoms with Gasteiger partial charge in [-0.2, -0.15) is 0 Å². The molecule has 32 heavy (non-hydrogen) atoms. The van der Waals surface area contributed by atoms with Gasteiger partial charge in [-0.15, -0.1) is 0 Å². The van der Waals surface area contributed by atoms with Crippen molar-refractivity contribution in [2.24, 2.45) is 11.8 Å². The number of ether oxygens (including phenoxy) is 1. The summed E-state index contributed by atoms with van der Waals surface area (Å²) in [6.45, 7) is 5.09. The summed E-state index contributed by atoms with van der Waals surface area (Å²) in [5.74, 6) is 2.32. The van der Waals surface area contributed by atoms with E-state index in [4.69, 9.17) is 4.74 Å². The van der Waals surface area contributed by atoms with Crippen LogP contribution in [0.2, 0.25) is 0 Å². The molecule has 1 aliphatic heterocycles. The summed E-state index contributed by atoms with van der Waals surface area (Å²) >= 11 is 0. The van der Waals surface area contributed by atoms with E-state index in [1.807, 2.05) is 12.1 Å². The monoisotopic (exact) mass is 441 g/mol. The van der Waals surface area contributed by atoms with Gasteiger partial charge in [0.2, 0.25) is 5.91 Å². The number of methoxy groups -OCH3 is 1. The summed E-state index contributed by atoms with van der Waals surface area (Å²) in [5, 5.41) is 3.53. The zero-order valence-electron chi connectivity index (χ0n) is 20.1. The molecule has 0 unspecified atom stereocenters. The fourth-order valence-corrected chi connectivity index (χ4v) is 6.06.